The molecule has 1 aliphatic rings. The Bertz CT molecular complexity index is 546. The Hall–Kier alpha value is -1.00. The van der Waals surface area contributed by atoms with E-state index in [9.17, 15) is 13.2 Å². The lowest BCUT2D eigenvalue weighted by molar-refractivity contribution is -0.0846. The maximum Gasteiger partial charge on any atom is 0.345 e. The fourth-order valence-corrected chi connectivity index (χ4v) is 3.76. The van der Waals surface area contributed by atoms with Crippen LogP contribution in [0.1, 0.15) is 9.67 Å². The molecule has 106 valence electrons. The van der Waals surface area contributed by atoms with Gasteiger partial charge in [-0.3, -0.25) is 0 Å². The fourth-order valence-electron chi connectivity index (χ4n) is 1.51. The predicted molar refractivity (Wildman–Crippen MR) is 67.0 cm³/mol. The molecule has 0 bridgehead atoms. The zero-order valence-corrected chi connectivity index (χ0v) is 11.5. The van der Waals surface area contributed by atoms with Gasteiger partial charge in [-0.25, -0.2) is 17.9 Å². The van der Waals surface area contributed by atoms with Gasteiger partial charge < -0.3 is 14.6 Å². The van der Waals surface area contributed by atoms with Crippen molar-refractivity contribution in [2.45, 2.75) is 10.3 Å². The normalized spacial score (nSPS) is 20.3. The van der Waals surface area contributed by atoms with Crippen molar-refractivity contribution >= 4 is 27.3 Å². The Kier molecular flexibility index (Phi) is 4.53. The molecule has 1 fully saturated rings. The molecule has 0 radical (unpaired) electrons. The SMILES string of the molecule is O=C(O)c1ccc(S(=O)(=O)NCC2COCCO2)s1. The first kappa shape index (κ1) is 14.4. The molecule has 0 saturated carbocycles. The maximum atomic E-state index is 11.9. The van der Waals surface area contributed by atoms with Gasteiger partial charge in [-0.1, -0.05) is 0 Å². The van der Waals surface area contributed by atoms with E-state index in [0.29, 0.717) is 31.2 Å². The number of carboxylic acid groups (broad SMARTS) is 1. The molecule has 9 heteroatoms. The number of hydrogen-bond donors (Lipinski definition) is 2. The highest BCUT2D eigenvalue weighted by Crippen LogP contribution is 2.21. The van der Waals surface area contributed by atoms with Gasteiger partial charge in [-0.05, 0) is 12.1 Å². The number of carboxylic acids is 1. The van der Waals surface area contributed by atoms with Gasteiger partial charge >= 0.3 is 5.97 Å². The highest BCUT2D eigenvalue weighted by molar-refractivity contribution is 7.91. The molecule has 0 spiro atoms. The van der Waals surface area contributed by atoms with Crippen LogP contribution in [0.15, 0.2) is 16.3 Å². The smallest absolute Gasteiger partial charge is 0.345 e. The number of carbonyl (C=O) groups is 1. The van der Waals surface area contributed by atoms with E-state index in [1.165, 1.54) is 12.1 Å². The highest BCUT2D eigenvalue weighted by atomic mass is 32.2. The number of nitrogens with one attached hydrogen (secondary N) is 1. The third-order valence-electron chi connectivity index (χ3n) is 2.44. The maximum absolute atomic E-state index is 11.9. The Labute approximate surface area is 114 Å². The van der Waals surface area contributed by atoms with Gasteiger partial charge in [0.05, 0.1) is 25.9 Å². The number of sulfonamides is 1. The zero-order valence-electron chi connectivity index (χ0n) is 9.87. The minimum Gasteiger partial charge on any atom is -0.477 e. The molecule has 1 aliphatic heterocycles. The van der Waals surface area contributed by atoms with Crippen LogP contribution >= 0.6 is 11.3 Å². The summed E-state index contributed by atoms with van der Waals surface area (Å²) in [5, 5.41) is 8.76. The Morgan fingerprint density at radius 1 is 1.47 bits per heavy atom. The van der Waals surface area contributed by atoms with E-state index < -0.39 is 16.0 Å². The molecule has 2 rings (SSSR count). The molecular weight excluding hydrogens is 294 g/mol. The van der Waals surface area contributed by atoms with Gasteiger partial charge in [0.15, 0.2) is 0 Å². The Balaban J connectivity index is 1.98. The third kappa shape index (κ3) is 3.74. The zero-order chi connectivity index (χ0) is 13.9. The van der Waals surface area contributed by atoms with Gasteiger partial charge in [-0.2, -0.15) is 0 Å². The number of thiophene rings is 1. The van der Waals surface area contributed by atoms with Crippen molar-refractivity contribution in [3.63, 3.8) is 0 Å². The Morgan fingerprint density at radius 3 is 2.84 bits per heavy atom. The Morgan fingerprint density at radius 2 is 2.26 bits per heavy atom. The summed E-state index contributed by atoms with van der Waals surface area (Å²) in [5.74, 6) is -1.14. The average Bonchev–Trinajstić information content (AvgIpc) is 2.88. The first-order chi connectivity index (χ1) is 8.99. The third-order valence-corrected chi connectivity index (χ3v) is 5.43. The van der Waals surface area contributed by atoms with Crippen LogP contribution in [0.4, 0.5) is 0 Å². The topological polar surface area (TPSA) is 102 Å². The first-order valence-corrected chi connectivity index (χ1v) is 7.81. The molecule has 7 nitrogen and oxygen atoms in total. The summed E-state index contributed by atoms with van der Waals surface area (Å²) in [6, 6.07) is 2.54. The summed E-state index contributed by atoms with van der Waals surface area (Å²) in [7, 11) is -3.70. The van der Waals surface area contributed by atoms with E-state index in [2.05, 4.69) is 4.72 Å². The van der Waals surface area contributed by atoms with Crippen molar-refractivity contribution in [1.29, 1.82) is 0 Å². The van der Waals surface area contributed by atoms with Crippen LogP contribution in [0.25, 0.3) is 0 Å². The van der Waals surface area contributed by atoms with E-state index >= 15 is 0 Å². The minimum absolute atomic E-state index is 0.0161. The molecule has 1 aromatic rings. The molecule has 2 N–H and O–H groups in total. The number of hydrogen-bond acceptors (Lipinski definition) is 6. The van der Waals surface area contributed by atoms with Gasteiger partial charge in [0.25, 0.3) is 0 Å². The fraction of sp³-hybridized carbons (Fsp3) is 0.500. The van der Waals surface area contributed by atoms with Crippen molar-refractivity contribution in [3.8, 4) is 0 Å². The van der Waals surface area contributed by atoms with Crippen LogP contribution in [0.5, 0.6) is 0 Å². The van der Waals surface area contributed by atoms with Crippen LogP contribution in [0.3, 0.4) is 0 Å². The first-order valence-electron chi connectivity index (χ1n) is 5.51. The second-order valence-electron chi connectivity index (χ2n) is 3.84. The molecule has 1 aromatic heterocycles. The van der Waals surface area contributed by atoms with Gasteiger partial charge in [-0.15, -0.1) is 11.3 Å². The molecule has 0 amide bonds. The average molecular weight is 307 g/mol. The van der Waals surface area contributed by atoms with Gasteiger partial charge in [0.1, 0.15) is 9.09 Å². The summed E-state index contributed by atoms with van der Waals surface area (Å²) < 4.78 is 36.7. The molecule has 19 heavy (non-hydrogen) atoms. The quantitative estimate of drug-likeness (QED) is 0.802. The molecular formula is C10H13NO6S2. The van der Waals surface area contributed by atoms with E-state index in [1.807, 2.05) is 0 Å². The van der Waals surface area contributed by atoms with Crippen LogP contribution in [0, 0.1) is 0 Å². The van der Waals surface area contributed by atoms with E-state index in [4.69, 9.17) is 14.6 Å². The number of aromatic carboxylic acids is 1. The van der Waals surface area contributed by atoms with Crippen molar-refractivity contribution < 1.29 is 27.8 Å². The van der Waals surface area contributed by atoms with Gasteiger partial charge in [0.2, 0.25) is 10.0 Å². The number of rotatable bonds is 5. The monoisotopic (exact) mass is 307 g/mol. The van der Waals surface area contributed by atoms with E-state index in [0.717, 1.165) is 0 Å². The van der Waals surface area contributed by atoms with E-state index in [1.54, 1.807) is 0 Å². The molecule has 0 aromatic carbocycles. The summed E-state index contributed by atoms with van der Waals surface area (Å²) in [4.78, 5) is 10.7. The second kappa shape index (κ2) is 5.97. The molecule has 1 unspecified atom stereocenters. The largest absolute Gasteiger partial charge is 0.477 e. The lowest BCUT2D eigenvalue weighted by atomic mass is 10.3. The summed E-state index contributed by atoms with van der Waals surface area (Å²) in [6.07, 6.45) is -0.317. The van der Waals surface area contributed by atoms with Crippen LogP contribution < -0.4 is 4.72 Å². The standard InChI is InChI=1S/C10H13NO6S2/c12-10(13)8-1-2-9(18-8)19(14,15)11-5-7-6-16-3-4-17-7/h1-2,7,11H,3-6H2,(H,12,13). The number of ether oxygens (including phenoxy) is 2. The van der Waals surface area contributed by atoms with Crippen LogP contribution in [-0.2, 0) is 19.5 Å². The van der Waals surface area contributed by atoms with Crippen LogP contribution in [0.2, 0.25) is 0 Å². The molecule has 1 atom stereocenters. The van der Waals surface area contributed by atoms with E-state index in [-0.39, 0.29) is 21.7 Å². The van der Waals surface area contributed by atoms with Crippen LogP contribution in [-0.4, -0.2) is 52.0 Å². The van der Waals surface area contributed by atoms with Crippen molar-refractivity contribution in [3.05, 3.63) is 17.0 Å². The summed E-state index contributed by atoms with van der Waals surface area (Å²) >= 11 is 0.712. The second-order valence-corrected chi connectivity index (χ2v) is 6.92. The molecule has 1 saturated heterocycles. The lowest BCUT2D eigenvalue weighted by Gasteiger charge is -2.22. The van der Waals surface area contributed by atoms with Crippen molar-refractivity contribution in [1.82, 2.24) is 4.72 Å². The molecule has 0 aliphatic carbocycles. The van der Waals surface area contributed by atoms with Gasteiger partial charge in [0, 0.05) is 6.54 Å². The minimum atomic E-state index is -3.70. The van der Waals surface area contributed by atoms with Crippen molar-refractivity contribution in [2.24, 2.45) is 0 Å². The summed E-state index contributed by atoms with van der Waals surface area (Å²) in [5.41, 5.74) is 0. The molecule has 2 heterocycles. The highest BCUT2D eigenvalue weighted by Gasteiger charge is 2.22. The lowest BCUT2D eigenvalue weighted by Crippen LogP contribution is -2.39. The van der Waals surface area contributed by atoms with Crippen molar-refractivity contribution in [2.75, 3.05) is 26.4 Å². The predicted octanol–water partition coefficient (Wildman–Crippen LogP) is 0.140. The summed E-state index contributed by atoms with van der Waals surface area (Å²) in [6.45, 7) is 1.39.